The molecule has 0 amide bonds. The summed E-state index contributed by atoms with van der Waals surface area (Å²) in [5, 5.41) is 7.37. The summed E-state index contributed by atoms with van der Waals surface area (Å²) in [4.78, 5) is 0. The van der Waals surface area contributed by atoms with Crippen LogP contribution in [-0.4, -0.2) is 12.2 Å². The third kappa shape index (κ3) is 1.62. The smallest absolute Gasteiger partial charge is 0.147 e. The van der Waals surface area contributed by atoms with Crippen molar-refractivity contribution in [3.8, 4) is 0 Å². The van der Waals surface area contributed by atoms with E-state index in [4.69, 9.17) is 4.52 Å². The quantitative estimate of drug-likeness (QED) is 0.877. The Labute approximate surface area is 107 Å². The zero-order chi connectivity index (χ0) is 12.7. The summed E-state index contributed by atoms with van der Waals surface area (Å²) in [5.41, 5.74) is 6.20. The molecule has 1 aliphatic carbocycles. The van der Waals surface area contributed by atoms with Gasteiger partial charge in [0, 0.05) is 13.0 Å². The van der Waals surface area contributed by atoms with Gasteiger partial charge in [0.05, 0.1) is 5.69 Å². The lowest BCUT2D eigenvalue weighted by Gasteiger charge is -2.15. The van der Waals surface area contributed by atoms with Crippen LogP contribution in [0.3, 0.4) is 0 Å². The monoisotopic (exact) mass is 242 g/mol. The zero-order valence-electron chi connectivity index (χ0n) is 11.0. The van der Waals surface area contributed by atoms with E-state index < -0.39 is 0 Å². The fourth-order valence-corrected chi connectivity index (χ4v) is 3.03. The van der Waals surface area contributed by atoms with Gasteiger partial charge in [0.25, 0.3) is 0 Å². The minimum atomic E-state index is 0.348. The third-order valence-corrected chi connectivity index (χ3v) is 3.91. The lowest BCUT2D eigenvalue weighted by atomic mass is 9.89. The summed E-state index contributed by atoms with van der Waals surface area (Å²) in [6, 6.07) is 6.73. The van der Waals surface area contributed by atoms with Crippen LogP contribution in [0.15, 0.2) is 29.0 Å². The summed E-state index contributed by atoms with van der Waals surface area (Å²) < 4.78 is 5.13. The molecule has 0 saturated heterocycles. The highest BCUT2D eigenvalue weighted by Crippen LogP contribution is 2.44. The van der Waals surface area contributed by atoms with Crippen LogP contribution in [-0.2, 0) is 6.42 Å². The average Bonchev–Trinajstić information content (AvgIpc) is 2.91. The number of hydrogen-bond acceptors (Lipinski definition) is 3. The van der Waals surface area contributed by atoms with E-state index in [1.807, 2.05) is 7.05 Å². The summed E-state index contributed by atoms with van der Waals surface area (Å²) >= 11 is 0. The first-order valence-electron chi connectivity index (χ1n) is 6.42. The number of nitrogens with zero attached hydrogens (tertiary/aromatic N) is 1. The maximum Gasteiger partial charge on any atom is 0.147 e. The molecule has 0 fully saturated rings. The third-order valence-electron chi connectivity index (χ3n) is 3.91. The summed E-state index contributed by atoms with van der Waals surface area (Å²) in [5.74, 6) is 0.917. The molecule has 2 unspecified atom stereocenters. The lowest BCUT2D eigenvalue weighted by Crippen LogP contribution is -2.08. The molecule has 1 aliphatic rings. The Morgan fingerprint density at radius 2 is 2.22 bits per heavy atom. The van der Waals surface area contributed by atoms with Gasteiger partial charge < -0.3 is 9.84 Å². The molecule has 18 heavy (non-hydrogen) atoms. The van der Waals surface area contributed by atoms with Crippen molar-refractivity contribution in [2.24, 2.45) is 5.92 Å². The van der Waals surface area contributed by atoms with Crippen molar-refractivity contribution in [2.45, 2.75) is 26.2 Å². The molecular weight excluding hydrogens is 224 g/mol. The van der Waals surface area contributed by atoms with Gasteiger partial charge in [-0.3, -0.25) is 0 Å². The van der Waals surface area contributed by atoms with E-state index >= 15 is 0 Å². The first-order valence-corrected chi connectivity index (χ1v) is 6.42. The lowest BCUT2D eigenvalue weighted by molar-refractivity contribution is 0.400. The first kappa shape index (κ1) is 11.3. The Morgan fingerprint density at radius 1 is 1.39 bits per heavy atom. The van der Waals surface area contributed by atoms with E-state index in [-0.39, 0.29) is 0 Å². The topological polar surface area (TPSA) is 38.1 Å². The number of rotatable bonds is 2. The Morgan fingerprint density at radius 3 is 3.00 bits per heavy atom. The van der Waals surface area contributed by atoms with Crippen LogP contribution in [0.1, 0.15) is 35.2 Å². The first-order chi connectivity index (χ1) is 8.70. The van der Waals surface area contributed by atoms with Crippen LogP contribution in [0.4, 0.5) is 5.69 Å². The molecule has 1 aromatic carbocycles. The molecule has 0 bridgehead atoms. The molecule has 1 heterocycles. The van der Waals surface area contributed by atoms with Gasteiger partial charge in [-0.25, -0.2) is 0 Å². The van der Waals surface area contributed by atoms with Gasteiger partial charge in [-0.2, -0.15) is 0 Å². The fraction of sp³-hybridized carbons (Fsp3) is 0.400. The molecule has 1 N–H and O–H groups in total. The summed E-state index contributed by atoms with van der Waals surface area (Å²) in [7, 11) is 1.91. The number of hydrogen-bond donors (Lipinski definition) is 1. The Balaban J connectivity index is 2.11. The van der Waals surface area contributed by atoms with Crippen LogP contribution in [0.2, 0.25) is 0 Å². The van der Waals surface area contributed by atoms with Gasteiger partial charge in [-0.05, 0) is 30.4 Å². The van der Waals surface area contributed by atoms with Crippen molar-refractivity contribution < 1.29 is 4.52 Å². The Hall–Kier alpha value is -1.77. The van der Waals surface area contributed by atoms with Gasteiger partial charge in [0.15, 0.2) is 0 Å². The highest BCUT2D eigenvalue weighted by molar-refractivity contribution is 5.53. The van der Waals surface area contributed by atoms with Gasteiger partial charge >= 0.3 is 0 Å². The predicted octanol–water partition coefficient (Wildman–Crippen LogP) is 3.35. The molecule has 2 aromatic rings. The molecule has 2 atom stereocenters. The minimum absolute atomic E-state index is 0.348. The van der Waals surface area contributed by atoms with E-state index in [1.165, 1.54) is 16.7 Å². The SMILES string of the molecule is CNc1conc1C1c2cc(C)ccc2CC1C. The molecule has 3 nitrogen and oxygen atoms in total. The number of aromatic nitrogens is 1. The van der Waals surface area contributed by atoms with E-state index in [1.54, 1.807) is 6.26 Å². The summed E-state index contributed by atoms with van der Waals surface area (Å²) in [6.45, 7) is 4.43. The van der Waals surface area contributed by atoms with Crippen molar-refractivity contribution in [2.75, 3.05) is 12.4 Å². The highest BCUT2D eigenvalue weighted by Gasteiger charge is 2.34. The molecule has 1 aromatic heterocycles. The van der Waals surface area contributed by atoms with Crippen molar-refractivity contribution in [3.63, 3.8) is 0 Å². The molecule has 0 radical (unpaired) electrons. The van der Waals surface area contributed by atoms with Crippen molar-refractivity contribution in [1.29, 1.82) is 0 Å². The molecular formula is C15H18N2O. The number of anilines is 1. The second-order valence-electron chi connectivity index (χ2n) is 5.22. The maximum atomic E-state index is 5.13. The summed E-state index contributed by atoms with van der Waals surface area (Å²) in [6.07, 6.45) is 2.81. The minimum Gasteiger partial charge on any atom is -0.384 e. The normalized spacial score (nSPS) is 21.9. The molecule has 94 valence electrons. The van der Waals surface area contributed by atoms with Gasteiger partial charge in [-0.15, -0.1) is 0 Å². The van der Waals surface area contributed by atoms with Gasteiger partial charge in [0.2, 0.25) is 0 Å². The zero-order valence-corrected chi connectivity index (χ0v) is 11.0. The van der Waals surface area contributed by atoms with Crippen LogP contribution in [0.5, 0.6) is 0 Å². The molecule has 0 spiro atoms. The fourth-order valence-electron chi connectivity index (χ4n) is 3.03. The van der Waals surface area contributed by atoms with Crippen LogP contribution in [0.25, 0.3) is 0 Å². The van der Waals surface area contributed by atoms with E-state index in [0.717, 1.165) is 17.8 Å². The largest absolute Gasteiger partial charge is 0.384 e. The highest BCUT2D eigenvalue weighted by atomic mass is 16.5. The van der Waals surface area contributed by atoms with Crippen LogP contribution >= 0.6 is 0 Å². The molecule has 0 aliphatic heterocycles. The van der Waals surface area contributed by atoms with E-state index in [9.17, 15) is 0 Å². The standard InChI is InChI=1S/C15H18N2O/c1-9-4-5-11-7-10(2)14(12(11)6-9)15-13(16-3)8-18-17-15/h4-6,8,10,14,16H,7H2,1-3H3. The molecule has 3 rings (SSSR count). The van der Waals surface area contributed by atoms with Gasteiger partial charge in [-0.1, -0.05) is 35.8 Å². The molecule has 0 saturated carbocycles. The van der Waals surface area contributed by atoms with E-state index in [0.29, 0.717) is 11.8 Å². The van der Waals surface area contributed by atoms with Crippen LogP contribution < -0.4 is 5.32 Å². The number of benzene rings is 1. The number of aryl methyl sites for hydroxylation is 1. The van der Waals surface area contributed by atoms with Crippen molar-refractivity contribution in [3.05, 3.63) is 46.8 Å². The predicted molar refractivity (Wildman–Crippen MR) is 71.9 cm³/mol. The Kier molecular flexibility index (Phi) is 2.62. The second kappa shape index (κ2) is 4.16. The number of fused-ring (bicyclic) bond motifs is 1. The van der Waals surface area contributed by atoms with Crippen molar-refractivity contribution >= 4 is 5.69 Å². The number of nitrogens with one attached hydrogen (secondary N) is 1. The van der Waals surface area contributed by atoms with Crippen molar-refractivity contribution in [1.82, 2.24) is 5.16 Å². The van der Waals surface area contributed by atoms with Gasteiger partial charge in [0.1, 0.15) is 12.0 Å². The molecule has 3 heteroatoms. The average molecular weight is 242 g/mol. The second-order valence-corrected chi connectivity index (χ2v) is 5.22. The Bertz CT molecular complexity index is 574. The maximum absolute atomic E-state index is 5.13. The van der Waals surface area contributed by atoms with E-state index in [2.05, 4.69) is 42.5 Å². The van der Waals surface area contributed by atoms with Crippen LogP contribution in [0, 0.1) is 12.8 Å².